The lowest BCUT2D eigenvalue weighted by Crippen LogP contribution is -1.91. The first-order valence-electron chi connectivity index (χ1n) is 7.00. The highest BCUT2D eigenvalue weighted by molar-refractivity contribution is 6.44. The SMILES string of the molecule is Cc1ccc2nc3c(Cl)nc4ccc(C)cc4c3c(Cl)c2c1. The fourth-order valence-electron chi connectivity index (χ4n) is 2.84. The Balaban J connectivity index is 2.33. The van der Waals surface area contributed by atoms with Crippen molar-refractivity contribution in [2.75, 3.05) is 0 Å². The summed E-state index contributed by atoms with van der Waals surface area (Å²) >= 11 is 13.1. The lowest BCUT2D eigenvalue weighted by molar-refractivity contribution is 1.38. The van der Waals surface area contributed by atoms with Gasteiger partial charge < -0.3 is 0 Å². The lowest BCUT2D eigenvalue weighted by atomic mass is 10.0. The van der Waals surface area contributed by atoms with E-state index in [0.717, 1.165) is 38.3 Å². The molecule has 0 unspecified atom stereocenters. The fourth-order valence-corrected chi connectivity index (χ4v) is 3.41. The smallest absolute Gasteiger partial charge is 0.156 e. The summed E-state index contributed by atoms with van der Waals surface area (Å²) in [6, 6.07) is 12.1. The number of rotatable bonds is 0. The van der Waals surface area contributed by atoms with Gasteiger partial charge in [0.1, 0.15) is 5.52 Å². The molecule has 4 rings (SSSR count). The van der Waals surface area contributed by atoms with Gasteiger partial charge in [0.05, 0.1) is 16.1 Å². The van der Waals surface area contributed by atoms with Crippen LogP contribution in [0, 0.1) is 13.8 Å². The fraction of sp³-hybridized carbons (Fsp3) is 0.111. The van der Waals surface area contributed by atoms with Crippen LogP contribution in [0.3, 0.4) is 0 Å². The van der Waals surface area contributed by atoms with E-state index in [9.17, 15) is 0 Å². The van der Waals surface area contributed by atoms with Crippen molar-refractivity contribution in [3.05, 3.63) is 57.7 Å². The van der Waals surface area contributed by atoms with Crippen LogP contribution in [0.5, 0.6) is 0 Å². The monoisotopic (exact) mass is 326 g/mol. The van der Waals surface area contributed by atoms with Crippen molar-refractivity contribution >= 4 is 55.9 Å². The topological polar surface area (TPSA) is 25.8 Å². The van der Waals surface area contributed by atoms with Gasteiger partial charge in [-0.15, -0.1) is 0 Å². The summed E-state index contributed by atoms with van der Waals surface area (Å²) < 4.78 is 0. The van der Waals surface area contributed by atoms with Gasteiger partial charge in [-0.2, -0.15) is 0 Å². The van der Waals surface area contributed by atoms with Crippen molar-refractivity contribution in [1.82, 2.24) is 9.97 Å². The Bertz CT molecular complexity index is 1070. The second-order valence-electron chi connectivity index (χ2n) is 5.59. The predicted molar refractivity (Wildman–Crippen MR) is 94.0 cm³/mol. The molecule has 0 radical (unpaired) electrons. The van der Waals surface area contributed by atoms with E-state index in [0.29, 0.717) is 15.7 Å². The van der Waals surface area contributed by atoms with E-state index in [1.165, 1.54) is 0 Å². The number of fused-ring (bicyclic) bond motifs is 4. The average molecular weight is 327 g/mol. The summed E-state index contributed by atoms with van der Waals surface area (Å²) in [6.45, 7) is 4.09. The third-order valence-corrected chi connectivity index (χ3v) is 4.57. The van der Waals surface area contributed by atoms with E-state index in [-0.39, 0.29) is 0 Å². The van der Waals surface area contributed by atoms with Gasteiger partial charge in [0.15, 0.2) is 5.15 Å². The molecule has 0 atom stereocenters. The Labute approximate surface area is 137 Å². The van der Waals surface area contributed by atoms with Gasteiger partial charge in [-0.05, 0) is 38.1 Å². The Morgan fingerprint density at radius 2 is 1.36 bits per heavy atom. The van der Waals surface area contributed by atoms with E-state index in [2.05, 4.69) is 22.1 Å². The normalized spacial score (nSPS) is 11.6. The zero-order valence-corrected chi connectivity index (χ0v) is 13.6. The van der Waals surface area contributed by atoms with Gasteiger partial charge in [-0.1, -0.05) is 46.5 Å². The second kappa shape index (κ2) is 4.80. The molecule has 0 aliphatic carbocycles. The maximum Gasteiger partial charge on any atom is 0.156 e. The summed E-state index contributed by atoms with van der Waals surface area (Å²) in [5.74, 6) is 0. The number of pyridine rings is 2. The number of hydrogen-bond donors (Lipinski definition) is 0. The maximum absolute atomic E-state index is 6.72. The van der Waals surface area contributed by atoms with Crippen molar-refractivity contribution in [2.45, 2.75) is 13.8 Å². The van der Waals surface area contributed by atoms with Gasteiger partial charge in [0.2, 0.25) is 0 Å². The molecule has 2 heterocycles. The van der Waals surface area contributed by atoms with Crippen LogP contribution in [0.2, 0.25) is 10.2 Å². The van der Waals surface area contributed by atoms with E-state index >= 15 is 0 Å². The van der Waals surface area contributed by atoms with Gasteiger partial charge >= 0.3 is 0 Å². The van der Waals surface area contributed by atoms with Crippen molar-refractivity contribution < 1.29 is 0 Å². The zero-order chi connectivity index (χ0) is 15.4. The molecule has 0 aliphatic rings. The molecule has 108 valence electrons. The third-order valence-electron chi connectivity index (χ3n) is 3.91. The van der Waals surface area contributed by atoms with Crippen LogP contribution in [0.4, 0.5) is 0 Å². The minimum atomic E-state index is 0.385. The first kappa shape index (κ1) is 13.7. The largest absolute Gasteiger partial charge is 0.244 e. The van der Waals surface area contributed by atoms with Crippen LogP contribution in [-0.2, 0) is 0 Å². The highest BCUT2D eigenvalue weighted by Crippen LogP contribution is 2.37. The molecule has 0 fully saturated rings. The van der Waals surface area contributed by atoms with Crippen molar-refractivity contribution in [3.8, 4) is 0 Å². The molecule has 0 saturated heterocycles. The molecular weight excluding hydrogens is 315 g/mol. The molecule has 0 saturated carbocycles. The van der Waals surface area contributed by atoms with Crippen molar-refractivity contribution in [2.24, 2.45) is 0 Å². The zero-order valence-electron chi connectivity index (χ0n) is 12.1. The summed E-state index contributed by atoms with van der Waals surface area (Å²) in [7, 11) is 0. The van der Waals surface area contributed by atoms with Gasteiger partial charge in [-0.25, -0.2) is 9.97 Å². The molecule has 2 aromatic carbocycles. The van der Waals surface area contributed by atoms with Gasteiger partial charge in [-0.3, -0.25) is 0 Å². The van der Waals surface area contributed by atoms with Crippen LogP contribution < -0.4 is 0 Å². The van der Waals surface area contributed by atoms with Crippen LogP contribution >= 0.6 is 23.2 Å². The van der Waals surface area contributed by atoms with Crippen LogP contribution in [0.1, 0.15) is 11.1 Å². The van der Waals surface area contributed by atoms with Crippen LogP contribution in [0.25, 0.3) is 32.7 Å². The first-order valence-corrected chi connectivity index (χ1v) is 7.75. The summed E-state index contributed by atoms with van der Waals surface area (Å²) in [5, 5.41) is 3.87. The van der Waals surface area contributed by atoms with E-state index in [1.807, 2.05) is 38.1 Å². The number of benzene rings is 2. The number of aromatic nitrogens is 2. The molecular formula is C18H12Cl2N2. The summed E-state index contributed by atoms with van der Waals surface area (Å²) in [6.07, 6.45) is 0. The molecule has 0 N–H and O–H groups in total. The Hall–Kier alpha value is -1.90. The van der Waals surface area contributed by atoms with Crippen LogP contribution in [-0.4, -0.2) is 9.97 Å². The lowest BCUT2D eigenvalue weighted by Gasteiger charge is -2.10. The number of nitrogens with zero attached hydrogens (tertiary/aromatic N) is 2. The van der Waals surface area contributed by atoms with Gasteiger partial charge in [0, 0.05) is 16.2 Å². The molecule has 2 aromatic heterocycles. The molecule has 4 aromatic rings. The highest BCUT2D eigenvalue weighted by atomic mass is 35.5. The second-order valence-corrected chi connectivity index (χ2v) is 6.33. The minimum absolute atomic E-state index is 0.385. The van der Waals surface area contributed by atoms with Crippen LogP contribution in [0.15, 0.2) is 36.4 Å². The minimum Gasteiger partial charge on any atom is -0.244 e. The van der Waals surface area contributed by atoms with Gasteiger partial charge in [0.25, 0.3) is 0 Å². The average Bonchev–Trinajstić information content (AvgIpc) is 2.49. The highest BCUT2D eigenvalue weighted by Gasteiger charge is 2.15. The number of hydrogen-bond acceptors (Lipinski definition) is 2. The number of aryl methyl sites for hydroxylation is 2. The molecule has 0 amide bonds. The van der Waals surface area contributed by atoms with E-state index < -0.39 is 0 Å². The Morgan fingerprint density at radius 3 is 2.05 bits per heavy atom. The maximum atomic E-state index is 6.72. The molecule has 4 heteroatoms. The van der Waals surface area contributed by atoms with Crippen molar-refractivity contribution in [1.29, 1.82) is 0 Å². The standard InChI is InChI=1S/C18H12Cl2N2/c1-9-3-5-13-11(7-9)15-16(19)12-8-10(2)4-6-14(12)21-17(15)18(20)22-13/h3-8H,1-2H3. The third kappa shape index (κ3) is 1.95. The van der Waals surface area contributed by atoms with E-state index in [4.69, 9.17) is 23.2 Å². The molecule has 2 nitrogen and oxygen atoms in total. The molecule has 0 spiro atoms. The predicted octanol–water partition coefficient (Wildman–Crippen LogP) is 5.86. The van der Waals surface area contributed by atoms with Crippen molar-refractivity contribution in [3.63, 3.8) is 0 Å². The quantitative estimate of drug-likeness (QED) is 0.230. The van der Waals surface area contributed by atoms with E-state index in [1.54, 1.807) is 0 Å². The Morgan fingerprint density at radius 1 is 0.773 bits per heavy atom. The molecule has 0 aliphatic heterocycles. The molecule has 0 bridgehead atoms. The molecule has 22 heavy (non-hydrogen) atoms. The summed E-state index contributed by atoms with van der Waals surface area (Å²) in [5.41, 5.74) is 4.62. The first-order chi connectivity index (χ1) is 10.5. The number of halogens is 2. The summed E-state index contributed by atoms with van der Waals surface area (Å²) in [4.78, 5) is 9.13. The Kier molecular flexibility index (Phi) is 3.00.